The lowest BCUT2D eigenvalue weighted by Crippen LogP contribution is -2.39. The molecule has 0 radical (unpaired) electrons. The van der Waals surface area contributed by atoms with E-state index in [0.29, 0.717) is 18.3 Å². The summed E-state index contributed by atoms with van der Waals surface area (Å²) in [7, 11) is 3.65. The Hall–Kier alpha value is -3.88. The van der Waals surface area contributed by atoms with Gasteiger partial charge in [0.05, 0.1) is 19.9 Å². The average Bonchev–Trinajstić information content (AvgIpc) is 3.46. The maximum atomic E-state index is 11.4. The van der Waals surface area contributed by atoms with Gasteiger partial charge in [0.1, 0.15) is 17.9 Å². The van der Waals surface area contributed by atoms with E-state index in [9.17, 15) is 9.90 Å². The molecular weight excluding hydrogens is 554 g/mol. The number of aromatic nitrogens is 2. The van der Waals surface area contributed by atoms with Crippen LogP contribution in [0.1, 0.15) is 72.1 Å². The van der Waals surface area contributed by atoms with Crippen LogP contribution in [0, 0.1) is 13.8 Å². The van der Waals surface area contributed by atoms with E-state index in [4.69, 9.17) is 14.2 Å². The highest BCUT2D eigenvalue weighted by Gasteiger charge is 2.21. The lowest BCUT2D eigenvalue weighted by atomic mass is 9.93. The highest BCUT2D eigenvalue weighted by atomic mass is 16.5. The molecule has 236 valence electrons. The van der Waals surface area contributed by atoms with Crippen molar-refractivity contribution in [2.45, 2.75) is 72.4 Å². The van der Waals surface area contributed by atoms with Crippen LogP contribution in [0.4, 0.5) is 0 Å². The zero-order valence-corrected chi connectivity index (χ0v) is 27.1. The molecule has 1 fully saturated rings. The Morgan fingerprint density at radius 1 is 1.30 bits per heavy atom. The van der Waals surface area contributed by atoms with Crippen LogP contribution < -0.4 is 4.74 Å². The number of ether oxygens (including phenoxy) is 3. The molecule has 2 aromatic rings. The smallest absolute Gasteiger partial charge is 0.342 e. The van der Waals surface area contributed by atoms with E-state index in [1.165, 1.54) is 52.2 Å². The van der Waals surface area contributed by atoms with Crippen molar-refractivity contribution in [1.29, 1.82) is 0 Å². The number of hydrogen-bond donors (Lipinski definition) is 1. The minimum absolute atomic E-state index is 0.0150. The molecule has 1 saturated heterocycles. The highest BCUT2D eigenvalue weighted by molar-refractivity contribution is 5.90. The van der Waals surface area contributed by atoms with Gasteiger partial charge in [-0.3, -0.25) is 0 Å². The van der Waals surface area contributed by atoms with Gasteiger partial charge >= 0.3 is 5.97 Å². The number of methoxy groups -OCH3 is 1. The van der Waals surface area contributed by atoms with Crippen LogP contribution in [0.5, 0.6) is 5.88 Å². The number of likely N-dealkylation sites (N-methyl/N-ethyl adjacent to an activating group) is 1. The van der Waals surface area contributed by atoms with Gasteiger partial charge in [-0.2, -0.15) is 5.10 Å². The molecule has 0 bridgehead atoms. The zero-order chi connectivity index (χ0) is 31.8. The first-order valence-electron chi connectivity index (χ1n) is 15.4. The van der Waals surface area contributed by atoms with Crippen molar-refractivity contribution in [3.63, 3.8) is 0 Å². The second kappa shape index (κ2) is 15.2. The topological polar surface area (TPSA) is 86.1 Å². The van der Waals surface area contributed by atoms with Gasteiger partial charge in [0.15, 0.2) is 0 Å². The summed E-state index contributed by atoms with van der Waals surface area (Å²) in [5.74, 6) is -0.00768. The number of rotatable bonds is 13. The van der Waals surface area contributed by atoms with Crippen LogP contribution in [0.15, 0.2) is 71.7 Å². The average molecular weight is 602 g/mol. The Morgan fingerprint density at radius 3 is 2.80 bits per heavy atom. The second-order valence-electron chi connectivity index (χ2n) is 11.8. The van der Waals surface area contributed by atoms with E-state index in [0.717, 1.165) is 62.3 Å². The lowest BCUT2D eigenvalue weighted by Gasteiger charge is -2.31. The number of allylic oxidation sites excluding steroid dienone is 7. The van der Waals surface area contributed by atoms with Crippen molar-refractivity contribution in [3.8, 4) is 5.88 Å². The summed E-state index contributed by atoms with van der Waals surface area (Å²) >= 11 is 0. The van der Waals surface area contributed by atoms with E-state index in [1.807, 2.05) is 25.2 Å². The molecule has 1 N–H and O–H groups in total. The van der Waals surface area contributed by atoms with Crippen LogP contribution in [0.3, 0.4) is 0 Å². The molecule has 0 amide bonds. The van der Waals surface area contributed by atoms with Gasteiger partial charge < -0.3 is 24.2 Å². The normalized spacial score (nSPS) is 17.8. The van der Waals surface area contributed by atoms with Gasteiger partial charge in [-0.1, -0.05) is 36.9 Å². The number of hydrogen-bond acceptors (Lipinski definition) is 6. The Labute approximate surface area is 262 Å². The minimum atomic E-state index is -1.08. The van der Waals surface area contributed by atoms with Crippen molar-refractivity contribution < 1.29 is 24.1 Å². The van der Waals surface area contributed by atoms with Crippen molar-refractivity contribution >= 4 is 11.7 Å². The van der Waals surface area contributed by atoms with Gasteiger partial charge in [0.25, 0.3) is 0 Å². The standard InChI is InChI=1S/C36H47N3O5/c1-24(11-8-13-27(4)39-35(42-7)33(21-37-39)36(40)41)32-15-9-12-26(3)34(32)44-22-29-17-16-25(2)31(28(29)5)18-19-38(6)30-14-10-20-43-23-30/h8,11,13,15-17,21,30H,1,9-10,12,14,18-20,22-23H2,2-7H3,(H,40,41)/b11-8-,27-13+. The molecule has 1 aromatic carbocycles. The first-order valence-corrected chi connectivity index (χ1v) is 15.4. The number of aromatic carboxylic acids is 1. The molecule has 8 heteroatoms. The van der Waals surface area contributed by atoms with Gasteiger partial charge in [0, 0.05) is 30.5 Å². The molecule has 0 spiro atoms. The summed E-state index contributed by atoms with van der Waals surface area (Å²) in [6.45, 7) is 15.9. The quantitative estimate of drug-likeness (QED) is 0.246. The molecule has 8 nitrogen and oxygen atoms in total. The predicted octanol–water partition coefficient (Wildman–Crippen LogP) is 7.04. The van der Waals surface area contributed by atoms with E-state index < -0.39 is 5.97 Å². The molecule has 1 unspecified atom stereocenters. The largest absolute Gasteiger partial charge is 0.488 e. The zero-order valence-electron chi connectivity index (χ0n) is 27.1. The van der Waals surface area contributed by atoms with E-state index >= 15 is 0 Å². The fourth-order valence-corrected chi connectivity index (χ4v) is 5.92. The monoisotopic (exact) mass is 601 g/mol. The van der Waals surface area contributed by atoms with Gasteiger partial charge in [-0.25, -0.2) is 9.48 Å². The number of aryl methyl sites for hydroxylation is 1. The minimum Gasteiger partial charge on any atom is -0.488 e. The van der Waals surface area contributed by atoms with Crippen molar-refractivity contribution in [1.82, 2.24) is 14.7 Å². The first-order chi connectivity index (χ1) is 21.1. The number of nitrogens with zero attached hydrogens (tertiary/aromatic N) is 3. The van der Waals surface area contributed by atoms with Gasteiger partial charge in [0.2, 0.25) is 5.88 Å². The van der Waals surface area contributed by atoms with Crippen LogP contribution >= 0.6 is 0 Å². The van der Waals surface area contributed by atoms with E-state index in [1.54, 1.807) is 0 Å². The van der Waals surface area contributed by atoms with Crippen molar-refractivity contribution in [2.24, 2.45) is 0 Å². The Morgan fingerprint density at radius 2 is 2.09 bits per heavy atom. The van der Waals surface area contributed by atoms with Crippen LogP contribution in [-0.4, -0.2) is 65.7 Å². The number of carboxylic acid groups (broad SMARTS) is 1. The van der Waals surface area contributed by atoms with Crippen LogP contribution in [0.25, 0.3) is 5.70 Å². The molecule has 44 heavy (non-hydrogen) atoms. The molecule has 1 aliphatic carbocycles. The maximum Gasteiger partial charge on any atom is 0.342 e. The van der Waals surface area contributed by atoms with E-state index in [-0.39, 0.29) is 11.4 Å². The first kappa shape index (κ1) is 33.0. The summed E-state index contributed by atoms with van der Waals surface area (Å²) in [5.41, 5.74) is 9.02. The van der Waals surface area contributed by atoms with Gasteiger partial charge in [-0.15, -0.1) is 0 Å². The van der Waals surface area contributed by atoms with E-state index in [2.05, 4.69) is 62.6 Å². The van der Waals surface area contributed by atoms with Gasteiger partial charge in [-0.05, 0) is 106 Å². The molecule has 2 aliphatic rings. The Bertz CT molecular complexity index is 1490. The summed E-state index contributed by atoms with van der Waals surface area (Å²) < 4.78 is 19.0. The Kier molecular flexibility index (Phi) is 11.4. The summed E-state index contributed by atoms with van der Waals surface area (Å²) in [4.78, 5) is 13.9. The third-order valence-electron chi connectivity index (χ3n) is 8.75. The molecule has 1 aromatic heterocycles. The predicted molar refractivity (Wildman–Crippen MR) is 175 cm³/mol. The molecule has 1 aliphatic heterocycles. The molecule has 0 saturated carbocycles. The van der Waals surface area contributed by atoms with Crippen molar-refractivity contribution in [3.05, 3.63) is 99.5 Å². The molecule has 4 rings (SSSR count). The summed E-state index contributed by atoms with van der Waals surface area (Å²) in [6.07, 6.45) is 14.4. The van der Waals surface area contributed by atoms with Crippen molar-refractivity contribution in [2.75, 3.05) is 33.9 Å². The SMILES string of the molecule is C=C(/C=C\C=C(/C)n1ncc(C(=O)O)c1OC)C1=CCCC(C)=C1OCc1ccc(C)c(CCN(C)C2CCCOC2)c1C. The highest BCUT2D eigenvalue weighted by Crippen LogP contribution is 2.32. The fourth-order valence-electron chi connectivity index (χ4n) is 5.92. The third kappa shape index (κ3) is 7.79. The second-order valence-corrected chi connectivity index (χ2v) is 11.8. The number of carboxylic acids is 1. The lowest BCUT2D eigenvalue weighted by molar-refractivity contribution is 0.0280. The van der Waals surface area contributed by atoms with Crippen LogP contribution in [-0.2, 0) is 22.5 Å². The summed E-state index contributed by atoms with van der Waals surface area (Å²) in [6, 6.07) is 4.91. The third-order valence-corrected chi connectivity index (χ3v) is 8.75. The number of carbonyl (C=O) groups is 1. The van der Waals surface area contributed by atoms with Crippen LogP contribution in [0.2, 0.25) is 0 Å². The summed E-state index contributed by atoms with van der Waals surface area (Å²) in [5, 5.41) is 13.5. The molecule has 2 heterocycles. The fraction of sp³-hybridized carbons (Fsp3) is 0.444. The Balaban J connectivity index is 1.43. The molecular formula is C36H47N3O5. The number of benzene rings is 1. The maximum absolute atomic E-state index is 11.4. The molecule has 1 atom stereocenters.